The van der Waals surface area contributed by atoms with Crippen LogP contribution in [0.15, 0.2) is 115 Å². The van der Waals surface area contributed by atoms with Crippen molar-refractivity contribution in [1.82, 2.24) is 5.32 Å². The van der Waals surface area contributed by atoms with Crippen LogP contribution in [-0.2, 0) is 22.8 Å². The lowest BCUT2D eigenvalue weighted by atomic mass is 9.99. The van der Waals surface area contributed by atoms with Gasteiger partial charge in [-0.2, -0.15) is 0 Å². The number of nitrogens with zero attached hydrogens (tertiary/aromatic N) is 2. The number of nitrogens with one attached hydrogen (secondary N) is 1. The second-order valence-corrected chi connectivity index (χ2v) is 10.6. The molecule has 0 saturated carbocycles. The van der Waals surface area contributed by atoms with Crippen LogP contribution < -0.4 is 19.7 Å². The fourth-order valence-corrected chi connectivity index (χ4v) is 5.12. The second kappa shape index (κ2) is 12.9. The molecule has 1 fully saturated rings. The zero-order chi connectivity index (χ0) is 32.2. The third-order valence-corrected chi connectivity index (χ3v) is 7.68. The van der Waals surface area contributed by atoms with Gasteiger partial charge in [0.15, 0.2) is 0 Å². The summed E-state index contributed by atoms with van der Waals surface area (Å²) in [6.07, 6.45) is 1.41. The highest BCUT2D eigenvalue weighted by molar-refractivity contribution is 6.39. The maximum atomic E-state index is 13.7. The monoisotopic (exact) mass is 633 g/mol. The predicted molar refractivity (Wildman–Crippen MR) is 173 cm³/mol. The Morgan fingerprint density at radius 2 is 1.52 bits per heavy atom. The maximum Gasteiger partial charge on any atom is 0.335 e. The van der Waals surface area contributed by atoms with E-state index in [1.54, 1.807) is 48.5 Å². The number of fused-ring (bicyclic) bond motifs is 1. The number of hydrogen-bond acceptors (Lipinski definition) is 7. The number of anilines is 1. The van der Waals surface area contributed by atoms with E-state index in [2.05, 4.69) is 5.32 Å². The standard InChI is InChI=1S/C35H24ClN3O7/c36-31-8-4-2-6-24(31)21-45-27-16-14-25(15-17-27)38-34(41)30(33(40)37-35(38)42)19-29-28-7-3-1-5-23(28)11-18-32(29)46-20-22-9-12-26(13-10-22)39(43)44/h1-19H,20-21H2,(H,37,40,42)/b30-19+. The van der Waals surface area contributed by atoms with Gasteiger partial charge in [-0.15, -0.1) is 0 Å². The molecule has 5 aromatic carbocycles. The molecule has 1 aliphatic rings. The number of barbiturate groups is 1. The van der Waals surface area contributed by atoms with Crippen molar-refractivity contribution in [3.8, 4) is 11.5 Å². The highest BCUT2D eigenvalue weighted by Crippen LogP contribution is 2.33. The summed E-state index contributed by atoms with van der Waals surface area (Å²) >= 11 is 6.21. The lowest BCUT2D eigenvalue weighted by Crippen LogP contribution is -2.54. The predicted octanol–water partition coefficient (Wildman–Crippen LogP) is 7.23. The molecule has 1 heterocycles. The number of nitro benzene ring substituents is 1. The van der Waals surface area contributed by atoms with Gasteiger partial charge in [0.25, 0.3) is 17.5 Å². The van der Waals surface area contributed by atoms with Gasteiger partial charge in [0.1, 0.15) is 30.3 Å². The number of urea groups is 1. The van der Waals surface area contributed by atoms with Crippen LogP contribution in [0.1, 0.15) is 16.7 Å². The van der Waals surface area contributed by atoms with E-state index in [4.69, 9.17) is 21.1 Å². The van der Waals surface area contributed by atoms with Crippen molar-refractivity contribution in [2.24, 2.45) is 0 Å². The summed E-state index contributed by atoms with van der Waals surface area (Å²) < 4.78 is 11.9. The topological polar surface area (TPSA) is 128 Å². The molecule has 0 radical (unpaired) electrons. The van der Waals surface area contributed by atoms with Crippen molar-refractivity contribution in [3.63, 3.8) is 0 Å². The van der Waals surface area contributed by atoms with Crippen molar-refractivity contribution in [3.05, 3.63) is 147 Å². The second-order valence-electron chi connectivity index (χ2n) is 10.2. The molecule has 0 aliphatic carbocycles. The molecule has 0 bridgehead atoms. The van der Waals surface area contributed by atoms with Crippen molar-refractivity contribution >= 4 is 57.7 Å². The number of non-ortho nitro benzene ring substituents is 1. The molecule has 0 atom stereocenters. The number of amides is 4. The fraction of sp³-hybridized carbons (Fsp3) is 0.0571. The average Bonchev–Trinajstić information content (AvgIpc) is 3.06. The van der Waals surface area contributed by atoms with E-state index >= 15 is 0 Å². The Balaban J connectivity index is 1.28. The Kier molecular flexibility index (Phi) is 8.44. The summed E-state index contributed by atoms with van der Waals surface area (Å²) in [6, 6.07) is 29.6. The van der Waals surface area contributed by atoms with Gasteiger partial charge in [-0.05, 0) is 70.9 Å². The van der Waals surface area contributed by atoms with E-state index < -0.39 is 22.8 Å². The van der Waals surface area contributed by atoms with Gasteiger partial charge in [0.05, 0.1) is 10.6 Å². The van der Waals surface area contributed by atoms with Crippen LogP contribution in [0.4, 0.5) is 16.2 Å². The van der Waals surface area contributed by atoms with Gasteiger partial charge in [0, 0.05) is 28.3 Å². The van der Waals surface area contributed by atoms with Crippen LogP contribution in [0.3, 0.4) is 0 Å². The van der Waals surface area contributed by atoms with Crippen LogP contribution >= 0.6 is 11.6 Å². The number of rotatable bonds is 9. The number of carbonyl (C=O) groups excluding carboxylic acids is 3. The minimum absolute atomic E-state index is 0.0416. The molecule has 1 N–H and O–H groups in total. The molecule has 0 unspecified atom stereocenters. The normalized spacial score (nSPS) is 14.0. The zero-order valence-electron chi connectivity index (χ0n) is 24.0. The zero-order valence-corrected chi connectivity index (χ0v) is 24.8. The van der Waals surface area contributed by atoms with E-state index in [0.717, 1.165) is 15.8 Å². The van der Waals surface area contributed by atoms with Crippen LogP contribution in [0.2, 0.25) is 5.02 Å². The molecule has 6 rings (SSSR count). The smallest absolute Gasteiger partial charge is 0.335 e. The molecule has 5 aromatic rings. The first kappa shape index (κ1) is 30.0. The van der Waals surface area contributed by atoms with Crippen LogP contribution in [0.25, 0.3) is 16.8 Å². The third-order valence-electron chi connectivity index (χ3n) is 7.31. The largest absolute Gasteiger partial charge is 0.489 e. The Hall–Kier alpha value is -6.00. The van der Waals surface area contributed by atoms with Crippen LogP contribution in [0.5, 0.6) is 11.5 Å². The highest BCUT2D eigenvalue weighted by Gasteiger charge is 2.37. The maximum absolute atomic E-state index is 13.7. The molecule has 46 heavy (non-hydrogen) atoms. The number of nitro groups is 1. The van der Waals surface area contributed by atoms with Crippen molar-refractivity contribution in [2.45, 2.75) is 13.2 Å². The summed E-state index contributed by atoms with van der Waals surface area (Å²) in [7, 11) is 0. The molecule has 11 heteroatoms. The van der Waals surface area contributed by atoms with Crippen LogP contribution in [0, 0.1) is 10.1 Å². The molecule has 1 aliphatic heterocycles. The summed E-state index contributed by atoms with van der Waals surface area (Å²) in [4.78, 5) is 51.1. The third kappa shape index (κ3) is 6.28. The molecular formula is C35H24ClN3O7. The Bertz CT molecular complexity index is 2030. The molecule has 0 aromatic heterocycles. The quantitative estimate of drug-likeness (QED) is 0.0785. The molecule has 1 saturated heterocycles. The Morgan fingerprint density at radius 3 is 2.26 bits per heavy atom. The SMILES string of the molecule is O=C1NC(=O)N(c2ccc(OCc3ccccc3Cl)cc2)C(=O)/C1=C/c1c(OCc2ccc([N+](=O)[O-])cc2)ccc2ccccc12. The van der Waals surface area contributed by atoms with Gasteiger partial charge in [-0.3, -0.25) is 25.0 Å². The summed E-state index contributed by atoms with van der Waals surface area (Å²) in [5.41, 5.74) is 1.86. The number of ether oxygens (including phenoxy) is 2. The fourth-order valence-electron chi connectivity index (χ4n) is 4.93. The highest BCUT2D eigenvalue weighted by atomic mass is 35.5. The number of hydrogen-bond donors (Lipinski definition) is 1. The van der Waals surface area contributed by atoms with Gasteiger partial charge >= 0.3 is 6.03 Å². The van der Waals surface area contributed by atoms with Gasteiger partial charge in [0.2, 0.25) is 0 Å². The first-order valence-corrected chi connectivity index (χ1v) is 14.4. The van der Waals surface area contributed by atoms with Crippen LogP contribution in [-0.4, -0.2) is 22.8 Å². The summed E-state index contributed by atoms with van der Waals surface area (Å²) in [5, 5.41) is 15.4. The minimum Gasteiger partial charge on any atom is -0.489 e. The molecule has 10 nitrogen and oxygen atoms in total. The molecule has 4 amide bonds. The van der Waals surface area contributed by atoms with Gasteiger partial charge in [-0.25, -0.2) is 9.69 Å². The van der Waals surface area contributed by atoms with Crippen molar-refractivity contribution in [1.29, 1.82) is 0 Å². The molecular weight excluding hydrogens is 610 g/mol. The van der Waals surface area contributed by atoms with E-state index in [1.807, 2.05) is 48.5 Å². The van der Waals surface area contributed by atoms with Crippen molar-refractivity contribution < 1.29 is 28.8 Å². The number of benzene rings is 5. The first-order chi connectivity index (χ1) is 22.3. The lowest BCUT2D eigenvalue weighted by molar-refractivity contribution is -0.384. The summed E-state index contributed by atoms with van der Waals surface area (Å²) in [5.74, 6) is -0.799. The molecule has 228 valence electrons. The van der Waals surface area contributed by atoms with E-state index in [-0.39, 0.29) is 30.2 Å². The van der Waals surface area contributed by atoms with E-state index in [0.29, 0.717) is 33.0 Å². The number of imide groups is 2. The van der Waals surface area contributed by atoms with Gasteiger partial charge < -0.3 is 9.47 Å². The van der Waals surface area contributed by atoms with Crippen molar-refractivity contribution in [2.75, 3.05) is 4.90 Å². The minimum atomic E-state index is -0.885. The molecule has 0 spiro atoms. The van der Waals surface area contributed by atoms with Gasteiger partial charge in [-0.1, -0.05) is 60.1 Å². The Morgan fingerprint density at radius 1 is 0.804 bits per heavy atom. The van der Waals surface area contributed by atoms with E-state index in [1.165, 1.54) is 18.2 Å². The lowest BCUT2D eigenvalue weighted by Gasteiger charge is -2.26. The summed E-state index contributed by atoms with van der Waals surface area (Å²) in [6.45, 7) is 0.297. The number of carbonyl (C=O) groups is 3. The first-order valence-electron chi connectivity index (χ1n) is 14.0. The average molecular weight is 634 g/mol. The Labute approximate surface area is 267 Å². The van der Waals surface area contributed by atoms with E-state index in [9.17, 15) is 24.5 Å². The number of halogens is 1.